The van der Waals surface area contributed by atoms with Gasteiger partial charge in [-0.25, -0.2) is 4.99 Å². The smallest absolute Gasteiger partial charge is 0.191 e. The van der Waals surface area contributed by atoms with E-state index in [-0.39, 0.29) is 12.0 Å². The van der Waals surface area contributed by atoms with E-state index in [0.29, 0.717) is 24.7 Å². The minimum absolute atomic E-state index is 0.0254. The fourth-order valence-corrected chi connectivity index (χ4v) is 3.59. The molecule has 1 aliphatic rings. The van der Waals surface area contributed by atoms with Crippen LogP contribution in [0.25, 0.3) is 0 Å². The van der Waals surface area contributed by atoms with Gasteiger partial charge in [-0.15, -0.1) is 0 Å². The van der Waals surface area contributed by atoms with Gasteiger partial charge < -0.3 is 30.0 Å². The summed E-state index contributed by atoms with van der Waals surface area (Å²) >= 11 is 0. The first kappa shape index (κ1) is 22.9. The molecule has 0 aromatic heterocycles. The standard InChI is InChI=1S/C24H33N3O4/c1-3-25-23(27-17-24(12-14-28)13-15-30-18-24)26-16-19-8-10-20(11-9-19)31-22-7-5-4-6-21(22)29-2/h4-11,28H,3,12-18H2,1-2H3,(H2,25,26,27). The van der Waals surface area contributed by atoms with Crippen LogP contribution in [0.15, 0.2) is 53.5 Å². The molecule has 0 amide bonds. The summed E-state index contributed by atoms with van der Waals surface area (Å²) < 4.78 is 16.8. The van der Waals surface area contributed by atoms with Gasteiger partial charge >= 0.3 is 0 Å². The van der Waals surface area contributed by atoms with Crippen molar-refractivity contribution in [1.82, 2.24) is 10.6 Å². The zero-order valence-corrected chi connectivity index (χ0v) is 18.4. The predicted molar refractivity (Wildman–Crippen MR) is 122 cm³/mol. The highest BCUT2D eigenvalue weighted by atomic mass is 16.5. The van der Waals surface area contributed by atoms with E-state index in [0.717, 1.165) is 49.8 Å². The van der Waals surface area contributed by atoms with Gasteiger partial charge in [-0.05, 0) is 49.6 Å². The van der Waals surface area contributed by atoms with Crippen molar-refractivity contribution in [2.45, 2.75) is 26.3 Å². The SMILES string of the molecule is CCNC(=NCc1ccc(Oc2ccccc2OC)cc1)NCC1(CCO)CCOC1. The topological polar surface area (TPSA) is 84.3 Å². The molecule has 1 aliphatic heterocycles. The zero-order chi connectivity index (χ0) is 21.9. The summed E-state index contributed by atoms with van der Waals surface area (Å²) in [7, 11) is 1.63. The van der Waals surface area contributed by atoms with E-state index in [4.69, 9.17) is 19.2 Å². The Morgan fingerprint density at radius 1 is 1.13 bits per heavy atom. The number of hydrogen-bond donors (Lipinski definition) is 3. The third-order valence-electron chi connectivity index (χ3n) is 5.44. The van der Waals surface area contributed by atoms with Gasteiger partial charge in [0, 0.05) is 31.7 Å². The normalized spacial score (nSPS) is 18.6. The molecule has 1 heterocycles. The van der Waals surface area contributed by atoms with Gasteiger partial charge in [0.1, 0.15) is 5.75 Å². The molecule has 0 saturated carbocycles. The molecule has 7 heteroatoms. The summed E-state index contributed by atoms with van der Waals surface area (Å²) in [6.45, 7) is 5.69. The molecular weight excluding hydrogens is 394 g/mol. The maximum absolute atomic E-state index is 9.41. The number of aliphatic hydroxyl groups is 1. The number of methoxy groups -OCH3 is 1. The van der Waals surface area contributed by atoms with Crippen molar-refractivity contribution in [3.8, 4) is 17.2 Å². The first-order valence-electron chi connectivity index (χ1n) is 10.8. The molecule has 3 rings (SSSR count). The average Bonchev–Trinajstić information content (AvgIpc) is 3.26. The second-order valence-corrected chi connectivity index (χ2v) is 7.72. The number of benzene rings is 2. The Labute approximate surface area is 184 Å². The van der Waals surface area contributed by atoms with Crippen LogP contribution < -0.4 is 20.1 Å². The summed E-state index contributed by atoms with van der Waals surface area (Å²) in [6.07, 6.45) is 1.68. The van der Waals surface area contributed by atoms with Gasteiger partial charge in [-0.1, -0.05) is 24.3 Å². The van der Waals surface area contributed by atoms with Crippen LogP contribution in [0.1, 0.15) is 25.3 Å². The molecule has 1 unspecified atom stereocenters. The van der Waals surface area contributed by atoms with Crippen molar-refractivity contribution in [1.29, 1.82) is 0 Å². The lowest BCUT2D eigenvalue weighted by atomic mass is 9.84. The monoisotopic (exact) mass is 427 g/mol. The number of aliphatic hydroxyl groups excluding tert-OH is 1. The third kappa shape index (κ3) is 6.60. The van der Waals surface area contributed by atoms with Crippen LogP contribution in [-0.4, -0.2) is 51.1 Å². The molecule has 0 aliphatic carbocycles. The maximum atomic E-state index is 9.41. The average molecular weight is 428 g/mol. The number of hydrogen-bond acceptors (Lipinski definition) is 5. The van der Waals surface area contributed by atoms with Crippen molar-refractivity contribution in [2.75, 3.05) is 40.0 Å². The first-order chi connectivity index (χ1) is 15.2. The fourth-order valence-electron chi connectivity index (χ4n) is 3.59. The van der Waals surface area contributed by atoms with Crippen LogP contribution in [0.5, 0.6) is 17.2 Å². The summed E-state index contributed by atoms with van der Waals surface area (Å²) in [6, 6.07) is 15.5. The first-order valence-corrected chi connectivity index (χ1v) is 10.8. The summed E-state index contributed by atoms with van der Waals surface area (Å²) in [5, 5.41) is 16.1. The summed E-state index contributed by atoms with van der Waals surface area (Å²) in [5.41, 5.74) is 1.06. The van der Waals surface area contributed by atoms with E-state index in [2.05, 4.69) is 10.6 Å². The van der Waals surface area contributed by atoms with Gasteiger partial charge in [0.25, 0.3) is 0 Å². The lowest BCUT2D eigenvalue weighted by molar-refractivity contribution is 0.127. The molecule has 168 valence electrons. The molecule has 31 heavy (non-hydrogen) atoms. The Morgan fingerprint density at radius 3 is 2.55 bits per heavy atom. The highest BCUT2D eigenvalue weighted by Gasteiger charge is 2.34. The molecule has 0 bridgehead atoms. The highest BCUT2D eigenvalue weighted by Crippen LogP contribution is 2.32. The molecule has 1 saturated heterocycles. The molecule has 2 aromatic carbocycles. The van der Waals surface area contributed by atoms with Crippen molar-refractivity contribution in [2.24, 2.45) is 10.4 Å². The lowest BCUT2D eigenvalue weighted by Gasteiger charge is -2.27. The van der Waals surface area contributed by atoms with Crippen LogP contribution >= 0.6 is 0 Å². The maximum Gasteiger partial charge on any atom is 0.191 e. The number of nitrogens with zero attached hydrogens (tertiary/aromatic N) is 1. The van der Waals surface area contributed by atoms with E-state index < -0.39 is 0 Å². The van der Waals surface area contributed by atoms with Crippen molar-refractivity contribution in [3.05, 3.63) is 54.1 Å². The van der Waals surface area contributed by atoms with Gasteiger partial charge in [-0.3, -0.25) is 0 Å². The van der Waals surface area contributed by atoms with Crippen LogP contribution in [0.3, 0.4) is 0 Å². The van der Waals surface area contributed by atoms with Gasteiger partial charge in [0.05, 0.1) is 20.3 Å². The quantitative estimate of drug-likeness (QED) is 0.398. The van der Waals surface area contributed by atoms with Crippen molar-refractivity contribution < 1.29 is 19.3 Å². The van der Waals surface area contributed by atoms with Gasteiger partial charge in [-0.2, -0.15) is 0 Å². The van der Waals surface area contributed by atoms with Crippen LogP contribution in [0.2, 0.25) is 0 Å². The van der Waals surface area contributed by atoms with E-state index in [1.807, 2.05) is 55.5 Å². The number of ether oxygens (including phenoxy) is 3. The number of para-hydroxylation sites is 2. The Kier molecular flexibility index (Phi) is 8.55. The van der Waals surface area contributed by atoms with Crippen molar-refractivity contribution >= 4 is 5.96 Å². The molecule has 0 radical (unpaired) electrons. The molecule has 2 aromatic rings. The minimum atomic E-state index is -0.0254. The molecule has 3 N–H and O–H groups in total. The number of nitrogens with one attached hydrogen (secondary N) is 2. The Balaban J connectivity index is 1.59. The van der Waals surface area contributed by atoms with Gasteiger partial charge in [0.2, 0.25) is 0 Å². The summed E-state index contributed by atoms with van der Waals surface area (Å²) in [5.74, 6) is 2.89. The number of rotatable bonds is 10. The summed E-state index contributed by atoms with van der Waals surface area (Å²) in [4.78, 5) is 4.71. The Bertz CT molecular complexity index is 833. The van der Waals surface area contributed by atoms with Crippen LogP contribution in [0.4, 0.5) is 0 Å². The fraction of sp³-hybridized carbons (Fsp3) is 0.458. The number of aliphatic imine (C=N–C) groups is 1. The third-order valence-corrected chi connectivity index (χ3v) is 5.44. The van der Waals surface area contributed by atoms with E-state index in [9.17, 15) is 5.11 Å². The van der Waals surface area contributed by atoms with Crippen LogP contribution in [0, 0.1) is 5.41 Å². The highest BCUT2D eigenvalue weighted by molar-refractivity contribution is 5.79. The molecule has 1 fully saturated rings. The van der Waals surface area contributed by atoms with Crippen molar-refractivity contribution in [3.63, 3.8) is 0 Å². The molecular formula is C24H33N3O4. The predicted octanol–water partition coefficient (Wildman–Crippen LogP) is 3.33. The molecule has 0 spiro atoms. The Morgan fingerprint density at radius 2 is 1.90 bits per heavy atom. The van der Waals surface area contributed by atoms with Gasteiger partial charge in [0.15, 0.2) is 17.5 Å². The van der Waals surface area contributed by atoms with E-state index in [1.54, 1.807) is 7.11 Å². The Hall–Kier alpha value is -2.77. The van der Waals surface area contributed by atoms with Crippen LogP contribution in [-0.2, 0) is 11.3 Å². The number of guanidine groups is 1. The second kappa shape index (κ2) is 11.6. The molecule has 1 atom stereocenters. The zero-order valence-electron chi connectivity index (χ0n) is 18.4. The minimum Gasteiger partial charge on any atom is -0.493 e. The van der Waals surface area contributed by atoms with E-state index in [1.165, 1.54) is 0 Å². The second-order valence-electron chi connectivity index (χ2n) is 7.72. The largest absolute Gasteiger partial charge is 0.493 e. The lowest BCUT2D eigenvalue weighted by Crippen LogP contribution is -2.44. The molecule has 7 nitrogen and oxygen atoms in total. The van der Waals surface area contributed by atoms with E-state index >= 15 is 0 Å².